The van der Waals surface area contributed by atoms with Gasteiger partial charge in [0.25, 0.3) is 0 Å². The SMILES string of the molecule is CCOC(OCC)c1ccc(CCC(=O)OC)cc1. The van der Waals surface area contributed by atoms with Gasteiger partial charge in [0.05, 0.1) is 7.11 Å². The van der Waals surface area contributed by atoms with E-state index in [1.54, 1.807) is 0 Å². The molecule has 0 fully saturated rings. The van der Waals surface area contributed by atoms with Crippen LogP contribution in [0.15, 0.2) is 24.3 Å². The molecule has 0 aromatic heterocycles. The lowest BCUT2D eigenvalue weighted by atomic mass is 10.1. The normalized spacial score (nSPS) is 10.7. The van der Waals surface area contributed by atoms with E-state index >= 15 is 0 Å². The predicted octanol–water partition coefficient (Wildman–Crippen LogP) is 2.86. The topological polar surface area (TPSA) is 44.8 Å². The van der Waals surface area contributed by atoms with Crippen LogP contribution in [0.5, 0.6) is 0 Å². The van der Waals surface area contributed by atoms with Crippen molar-refractivity contribution in [2.24, 2.45) is 0 Å². The summed E-state index contributed by atoms with van der Waals surface area (Å²) < 4.78 is 15.7. The van der Waals surface area contributed by atoms with Gasteiger partial charge in [0.15, 0.2) is 6.29 Å². The summed E-state index contributed by atoms with van der Waals surface area (Å²) in [6, 6.07) is 7.93. The van der Waals surface area contributed by atoms with Gasteiger partial charge in [-0.15, -0.1) is 0 Å². The molecule has 0 radical (unpaired) electrons. The lowest BCUT2D eigenvalue weighted by Crippen LogP contribution is -2.09. The van der Waals surface area contributed by atoms with Crippen LogP contribution in [0.3, 0.4) is 0 Å². The van der Waals surface area contributed by atoms with Gasteiger partial charge in [-0.05, 0) is 25.8 Å². The summed E-state index contributed by atoms with van der Waals surface area (Å²) in [5.74, 6) is -0.189. The fourth-order valence-electron chi connectivity index (χ4n) is 1.73. The molecule has 0 saturated heterocycles. The molecule has 0 unspecified atom stereocenters. The highest BCUT2D eigenvalue weighted by Gasteiger charge is 2.11. The smallest absolute Gasteiger partial charge is 0.305 e. The molecule has 0 N–H and O–H groups in total. The minimum atomic E-state index is -0.315. The summed E-state index contributed by atoms with van der Waals surface area (Å²) in [4.78, 5) is 11.1. The van der Waals surface area contributed by atoms with Gasteiger partial charge in [0.2, 0.25) is 0 Å². The van der Waals surface area contributed by atoms with Crippen LogP contribution in [0.1, 0.15) is 37.7 Å². The molecule has 0 aliphatic rings. The zero-order valence-electron chi connectivity index (χ0n) is 11.8. The maximum atomic E-state index is 11.1. The first-order chi connectivity index (χ1) is 9.21. The maximum Gasteiger partial charge on any atom is 0.305 e. The Morgan fingerprint density at radius 1 is 1.11 bits per heavy atom. The van der Waals surface area contributed by atoms with Crippen LogP contribution in [0.25, 0.3) is 0 Å². The molecule has 1 aromatic carbocycles. The lowest BCUT2D eigenvalue weighted by Gasteiger charge is -2.17. The number of hydrogen-bond donors (Lipinski definition) is 0. The number of esters is 1. The van der Waals surface area contributed by atoms with E-state index in [-0.39, 0.29) is 12.3 Å². The van der Waals surface area contributed by atoms with Crippen molar-refractivity contribution < 1.29 is 19.0 Å². The van der Waals surface area contributed by atoms with Crippen molar-refractivity contribution >= 4 is 5.97 Å². The van der Waals surface area contributed by atoms with Gasteiger partial charge < -0.3 is 14.2 Å². The molecule has 0 bridgehead atoms. The Morgan fingerprint density at radius 3 is 2.16 bits per heavy atom. The Labute approximate surface area is 114 Å². The van der Waals surface area contributed by atoms with Crippen molar-refractivity contribution in [3.8, 4) is 0 Å². The number of methoxy groups -OCH3 is 1. The van der Waals surface area contributed by atoms with Crippen LogP contribution < -0.4 is 0 Å². The Balaban J connectivity index is 2.60. The number of carbonyl (C=O) groups is 1. The Kier molecular flexibility index (Phi) is 7.15. The molecule has 0 aliphatic heterocycles. The van der Waals surface area contributed by atoms with E-state index in [9.17, 15) is 4.79 Å². The first-order valence-electron chi connectivity index (χ1n) is 6.60. The minimum absolute atomic E-state index is 0.189. The average Bonchev–Trinajstić information content (AvgIpc) is 2.45. The quantitative estimate of drug-likeness (QED) is 0.536. The predicted molar refractivity (Wildman–Crippen MR) is 72.8 cm³/mol. The van der Waals surface area contributed by atoms with Gasteiger partial charge in [-0.1, -0.05) is 24.3 Å². The molecule has 0 saturated carbocycles. The van der Waals surface area contributed by atoms with E-state index in [0.29, 0.717) is 26.1 Å². The third-order valence-electron chi connectivity index (χ3n) is 2.73. The molecule has 4 nitrogen and oxygen atoms in total. The molecule has 19 heavy (non-hydrogen) atoms. The van der Waals surface area contributed by atoms with Gasteiger partial charge in [-0.25, -0.2) is 0 Å². The third kappa shape index (κ3) is 5.41. The van der Waals surface area contributed by atoms with Crippen LogP contribution in [-0.2, 0) is 25.4 Å². The Morgan fingerprint density at radius 2 is 1.68 bits per heavy atom. The van der Waals surface area contributed by atoms with Crippen molar-refractivity contribution in [1.82, 2.24) is 0 Å². The monoisotopic (exact) mass is 266 g/mol. The van der Waals surface area contributed by atoms with Crippen LogP contribution in [-0.4, -0.2) is 26.3 Å². The van der Waals surface area contributed by atoms with Crippen molar-refractivity contribution in [2.75, 3.05) is 20.3 Å². The average molecular weight is 266 g/mol. The first kappa shape index (κ1) is 15.7. The van der Waals surface area contributed by atoms with Crippen molar-refractivity contribution in [1.29, 1.82) is 0 Å². The number of ether oxygens (including phenoxy) is 3. The van der Waals surface area contributed by atoms with Gasteiger partial charge >= 0.3 is 5.97 Å². The summed E-state index contributed by atoms with van der Waals surface area (Å²) in [5, 5.41) is 0. The maximum absolute atomic E-state index is 11.1. The highest BCUT2D eigenvalue weighted by Crippen LogP contribution is 2.19. The molecule has 0 spiro atoms. The Bertz CT molecular complexity index is 366. The molecule has 0 heterocycles. The fraction of sp³-hybridized carbons (Fsp3) is 0.533. The van der Waals surface area contributed by atoms with Crippen molar-refractivity contribution in [3.05, 3.63) is 35.4 Å². The van der Waals surface area contributed by atoms with Gasteiger partial charge in [0, 0.05) is 25.2 Å². The fourth-order valence-corrected chi connectivity index (χ4v) is 1.73. The number of rotatable bonds is 8. The zero-order valence-corrected chi connectivity index (χ0v) is 11.8. The number of hydrogen-bond acceptors (Lipinski definition) is 4. The van der Waals surface area contributed by atoms with E-state index < -0.39 is 0 Å². The van der Waals surface area contributed by atoms with Gasteiger partial charge in [0.1, 0.15) is 0 Å². The highest BCUT2D eigenvalue weighted by atomic mass is 16.7. The summed E-state index contributed by atoms with van der Waals surface area (Å²) in [6.07, 6.45) is 0.765. The molecule has 4 heteroatoms. The van der Waals surface area contributed by atoms with E-state index in [1.807, 2.05) is 38.1 Å². The van der Waals surface area contributed by atoms with Gasteiger partial charge in [-0.2, -0.15) is 0 Å². The Hall–Kier alpha value is -1.39. The number of carbonyl (C=O) groups excluding carboxylic acids is 1. The summed E-state index contributed by atoms with van der Waals surface area (Å²) in [7, 11) is 1.40. The zero-order chi connectivity index (χ0) is 14.1. The van der Waals surface area contributed by atoms with Crippen LogP contribution in [0.2, 0.25) is 0 Å². The minimum Gasteiger partial charge on any atom is -0.469 e. The summed E-state index contributed by atoms with van der Waals surface area (Å²) >= 11 is 0. The van der Waals surface area contributed by atoms with Crippen molar-refractivity contribution in [2.45, 2.75) is 33.0 Å². The molecule has 1 aromatic rings. The molecule has 106 valence electrons. The third-order valence-corrected chi connectivity index (χ3v) is 2.73. The molecule has 1 rings (SSSR count). The second-order valence-corrected chi connectivity index (χ2v) is 4.06. The van der Waals surface area contributed by atoms with Crippen molar-refractivity contribution in [3.63, 3.8) is 0 Å². The molecule has 0 atom stereocenters. The van der Waals surface area contributed by atoms with Crippen LogP contribution in [0, 0.1) is 0 Å². The van der Waals surface area contributed by atoms with E-state index in [4.69, 9.17) is 9.47 Å². The highest BCUT2D eigenvalue weighted by molar-refractivity contribution is 5.69. The second kappa shape index (κ2) is 8.67. The van der Waals surface area contributed by atoms with Gasteiger partial charge in [-0.3, -0.25) is 4.79 Å². The first-order valence-corrected chi connectivity index (χ1v) is 6.60. The largest absolute Gasteiger partial charge is 0.469 e. The lowest BCUT2D eigenvalue weighted by molar-refractivity contribution is -0.141. The number of aryl methyl sites for hydroxylation is 1. The standard InChI is InChI=1S/C15H22O4/c1-4-18-15(19-5-2)13-9-6-12(7-10-13)8-11-14(16)17-3/h6-7,9-10,15H,4-5,8,11H2,1-3H3. The van der Waals surface area contributed by atoms with E-state index in [0.717, 1.165) is 11.1 Å². The molecular weight excluding hydrogens is 244 g/mol. The van der Waals surface area contributed by atoms with Crippen LogP contribution in [0.4, 0.5) is 0 Å². The summed E-state index contributed by atoms with van der Waals surface area (Å²) in [6.45, 7) is 5.09. The van der Waals surface area contributed by atoms with E-state index in [2.05, 4.69) is 4.74 Å². The molecule has 0 aliphatic carbocycles. The molecule has 0 amide bonds. The van der Waals surface area contributed by atoms with E-state index in [1.165, 1.54) is 7.11 Å². The number of benzene rings is 1. The molecular formula is C15H22O4. The van der Waals surface area contributed by atoms with Crippen LogP contribution >= 0.6 is 0 Å². The second-order valence-electron chi connectivity index (χ2n) is 4.06. The summed E-state index contributed by atoms with van der Waals surface area (Å²) in [5.41, 5.74) is 2.09.